The van der Waals surface area contributed by atoms with Gasteiger partial charge in [0, 0.05) is 5.92 Å². The van der Waals surface area contributed by atoms with Crippen LogP contribution in [-0.4, -0.2) is 34.4 Å². The highest BCUT2D eigenvalue weighted by atomic mass is 32.1. The Balaban J connectivity index is 1.60. The van der Waals surface area contributed by atoms with Crippen molar-refractivity contribution in [3.8, 4) is 10.8 Å². The van der Waals surface area contributed by atoms with Crippen LogP contribution < -0.4 is 0 Å². The van der Waals surface area contributed by atoms with E-state index in [0.29, 0.717) is 18.3 Å². The first-order valence-corrected chi connectivity index (χ1v) is 7.27. The van der Waals surface area contributed by atoms with Gasteiger partial charge in [0.05, 0.1) is 11.4 Å². The van der Waals surface area contributed by atoms with Crippen LogP contribution in [0.1, 0.15) is 18.7 Å². The second-order valence-corrected chi connectivity index (χ2v) is 5.69. The lowest BCUT2D eigenvalue weighted by Gasteiger charge is -2.28. The van der Waals surface area contributed by atoms with Crippen LogP contribution in [-0.2, 0) is 11.3 Å². The van der Waals surface area contributed by atoms with Gasteiger partial charge in [-0.2, -0.15) is 4.98 Å². The van der Waals surface area contributed by atoms with E-state index in [0.717, 1.165) is 37.1 Å². The molecule has 3 heterocycles. The zero-order valence-corrected chi connectivity index (χ0v) is 11.3. The van der Waals surface area contributed by atoms with E-state index in [2.05, 4.69) is 15.0 Å². The second-order valence-electron chi connectivity index (χ2n) is 4.74. The molecule has 0 aliphatic carbocycles. The summed E-state index contributed by atoms with van der Waals surface area (Å²) in [5.41, 5.74) is 0. The van der Waals surface area contributed by atoms with Gasteiger partial charge >= 0.3 is 0 Å². The highest BCUT2D eigenvalue weighted by Crippen LogP contribution is 2.23. The molecule has 1 aliphatic heterocycles. The van der Waals surface area contributed by atoms with E-state index in [1.165, 1.54) is 0 Å². The van der Waals surface area contributed by atoms with E-state index < -0.39 is 0 Å². The normalized spacial score (nSPS) is 17.7. The smallest absolute Gasteiger partial charge is 0.268 e. The average Bonchev–Trinajstić information content (AvgIpc) is 3.10. The Morgan fingerprint density at radius 3 is 3.00 bits per heavy atom. The molecule has 0 unspecified atom stereocenters. The lowest BCUT2D eigenvalue weighted by atomic mass is 9.99. The molecular formula is C13H15N3O2S. The number of hydrogen-bond acceptors (Lipinski definition) is 6. The molecular weight excluding hydrogens is 262 g/mol. The first-order chi connectivity index (χ1) is 9.35. The van der Waals surface area contributed by atoms with Crippen LogP contribution in [0.2, 0.25) is 0 Å². The van der Waals surface area contributed by atoms with Crippen LogP contribution in [0.15, 0.2) is 22.0 Å². The summed E-state index contributed by atoms with van der Waals surface area (Å²) in [6.07, 6.45) is 2.93. The predicted molar refractivity (Wildman–Crippen MR) is 71.7 cm³/mol. The molecule has 0 atom stereocenters. The molecule has 0 spiro atoms. The minimum Gasteiger partial charge on any atom is -0.333 e. The number of likely N-dealkylation sites (tertiary alicyclic amines) is 1. The summed E-state index contributed by atoms with van der Waals surface area (Å²) < 4.78 is 5.26. The highest BCUT2D eigenvalue weighted by molar-refractivity contribution is 7.13. The highest BCUT2D eigenvalue weighted by Gasteiger charge is 2.20. The minimum absolute atomic E-state index is 0.225. The van der Waals surface area contributed by atoms with Crippen molar-refractivity contribution in [2.45, 2.75) is 19.4 Å². The summed E-state index contributed by atoms with van der Waals surface area (Å²) in [5.74, 6) is 1.53. The molecule has 2 aromatic rings. The predicted octanol–water partition coefficient (Wildman–Crippen LogP) is 2.21. The van der Waals surface area contributed by atoms with Gasteiger partial charge in [0.1, 0.15) is 6.29 Å². The van der Waals surface area contributed by atoms with Crippen LogP contribution in [0.25, 0.3) is 10.8 Å². The summed E-state index contributed by atoms with van der Waals surface area (Å²) >= 11 is 1.59. The van der Waals surface area contributed by atoms with Gasteiger partial charge in [-0.15, -0.1) is 11.3 Å². The molecule has 3 rings (SSSR count). The molecule has 19 heavy (non-hydrogen) atoms. The molecule has 6 heteroatoms. The first-order valence-electron chi connectivity index (χ1n) is 6.39. The van der Waals surface area contributed by atoms with Crippen molar-refractivity contribution < 1.29 is 9.32 Å². The molecule has 0 amide bonds. The summed E-state index contributed by atoms with van der Waals surface area (Å²) in [5, 5.41) is 6.00. The summed E-state index contributed by atoms with van der Waals surface area (Å²) in [7, 11) is 0. The van der Waals surface area contributed by atoms with Crippen molar-refractivity contribution in [1.82, 2.24) is 15.0 Å². The van der Waals surface area contributed by atoms with E-state index in [1.54, 1.807) is 11.3 Å². The van der Waals surface area contributed by atoms with Gasteiger partial charge in [-0.05, 0) is 37.4 Å². The fourth-order valence-corrected chi connectivity index (χ4v) is 2.91. The maximum Gasteiger partial charge on any atom is 0.268 e. The van der Waals surface area contributed by atoms with Crippen molar-refractivity contribution in [3.05, 3.63) is 23.3 Å². The zero-order valence-electron chi connectivity index (χ0n) is 10.5. The van der Waals surface area contributed by atoms with E-state index in [9.17, 15) is 4.79 Å². The van der Waals surface area contributed by atoms with E-state index in [1.807, 2.05) is 17.5 Å². The number of aromatic nitrogens is 2. The van der Waals surface area contributed by atoms with Gasteiger partial charge < -0.3 is 9.32 Å². The standard InChI is InChI=1S/C13H15N3O2S/c17-9-10-3-5-16(6-4-10)8-12-14-13(18-15-12)11-2-1-7-19-11/h1-2,7,9-10H,3-6,8H2. The van der Waals surface area contributed by atoms with Crippen LogP contribution >= 0.6 is 11.3 Å². The summed E-state index contributed by atoms with van der Waals surface area (Å²) in [6, 6.07) is 3.94. The van der Waals surface area contributed by atoms with E-state index in [-0.39, 0.29) is 5.92 Å². The van der Waals surface area contributed by atoms with Crippen molar-refractivity contribution >= 4 is 17.6 Å². The van der Waals surface area contributed by atoms with E-state index >= 15 is 0 Å². The maximum atomic E-state index is 10.7. The Hall–Kier alpha value is -1.53. The summed E-state index contributed by atoms with van der Waals surface area (Å²) in [4.78, 5) is 18.4. The zero-order chi connectivity index (χ0) is 13.1. The molecule has 0 saturated carbocycles. The Kier molecular flexibility index (Phi) is 3.70. The molecule has 2 aromatic heterocycles. The van der Waals surface area contributed by atoms with Gasteiger partial charge in [0.2, 0.25) is 0 Å². The number of aldehydes is 1. The van der Waals surface area contributed by atoms with Gasteiger partial charge in [0.25, 0.3) is 5.89 Å². The molecule has 0 aromatic carbocycles. The largest absolute Gasteiger partial charge is 0.333 e. The van der Waals surface area contributed by atoms with Gasteiger partial charge in [-0.3, -0.25) is 4.90 Å². The topological polar surface area (TPSA) is 59.2 Å². The van der Waals surface area contributed by atoms with Crippen molar-refractivity contribution in [1.29, 1.82) is 0 Å². The molecule has 1 fully saturated rings. The lowest BCUT2D eigenvalue weighted by molar-refractivity contribution is -0.112. The summed E-state index contributed by atoms with van der Waals surface area (Å²) in [6.45, 7) is 2.54. The number of piperidine rings is 1. The lowest BCUT2D eigenvalue weighted by Crippen LogP contribution is -2.33. The Morgan fingerprint density at radius 1 is 1.47 bits per heavy atom. The SMILES string of the molecule is O=CC1CCN(Cc2noc(-c3cccs3)n2)CC1. The molecule has 1 aliphatic rings. The molecule has 0 N–H and O–H groups in total. The third-order valence-corrected chi connectivity index (χ3v) is 4.25. The van der Waals surface area contributed by atoms with Crippen molar-refractivity contribution in [2.24, 2.45) is 5.92 Å². The molecule has 0 bridgehead atoms. The maximum absolute atomic E-state index is 10.7. The number of carbonyl (C=O) groups is 1. The quantitative estimate of drug-likeness (QED) is 0.802. The van der Waals surface area contributed by atoms with Gasteiger partial charge in [0.15, 0.2) is 5.82 Å². The molecule has 100 valence electrons. The second kappa shape index (κ2) is 5.63. The molecule has 0 radical (unpaired) electrons. The van der Waals surface area contributed by atoms with Crippen molar-refractivity contribution in [3.63, 3.8) is 0 Å². The number of thiophene rings is 1. The van der Waals surface area contributed by atoms with Crippen molar-refractivity contribution in [2.75, 3.05) is 13.1 Å². The number of hydrogen-bond donors (Lipinski definition) is 0. The van der Waals surface area contributed by atoms with Crippen LogP contribution in [0.3, 0.4) is 0 Å². The Morgan fingerprint density at radius 2 is 2.32 bits per heavy atom. The third kappa shape index (κ3) is 2.90. The van der Waals surface area contributed by atoms with Crippen LogP contribution in [0, 0.1) is 5.92 Å². The molecule has 5 nitrogen and oxygen atoms in total. The van der Waals surface area contributed by atoms with Gasteiger partial charge in [-0.1, -0.05) is 11.2 Å². The first kappa shape index (κ1) is 12.5. The Bertz CT molecular complexity index is 530. The van der Waals surface area contributed by atoms with Crippen LogP contribution in [0.4, 0.5) is 0 Å². The fraction of sp³-hybridized carbons (Fsp3) is 0.462. The van der Waals surface area contributed by atoms with Crippen LogP contribution in [0.5, 0.6) is 0 Å². The monoisotopic (exact) mass is 277 g/mol. The van der Waals surface area contributed by atoms with E-state index in [4.69, 9.17) is 4.52 Å². The third-order valence-electron chi connectivity index (χ3n) is 3.39. The fourth-order valence-electron chi connectivity index (χ4n) is 2.27. The number of nitrogens with zero attached hydrogens (tertiary/aromatic N) is 3. The molecule has 1 saturated heterocycles. The average molecular weight is 277 g/mol. The minimum atomic E-state index is 0.225. The Labute approximate surface area is 115 Å². The number of carbonyl (C=O) groups excluding carboxylic acids is 1. The number of rotatable bonds is 4. The van der Waals surface area contributed by atoms with Gasteiger partial charge in [-0.25, -0.2) is 0 Å².